The van der Waals surface area contributed by atoms with E-state index in [-0.39, 0.29) is 12.5 Å². The van der Waals surface area contributed by atoms with Gasteiger partial charge in [-0.15, -0.1) is 0 Å². The highest BCUT2D eigenvalue weighted by Gasteiger charge is 2.16. The van der Waals surface area contributed by atoms with Gasteiger partial charge in [-0.1, -0.05) is 6.92 Å². The van der Waals surface area contributed by atoms with Gasteiger partial charge in [0, 0.05) is 26.1 Å². The van der Waals surface area contributed by atoms with E-state index in [0.29, 0.717) is 13.0 Å². The fraction of sp³-hybridized carbons (Fsp3) is 0.917. The van der Waals surface area contributed by atoms with Crippen molar-refractivity contribution in [2.45, 2.75) is 32.6 Å². The predicted octanol–water partition coefficient (Wildman–Crippen LogP) is 0.703. The molecule has 0 spiro atoms. The second-order valence-corrected chi connectivity index (χ2v) is 4.40. The quantitative estimate of drug-likeness (QED) is 0.697. The maximum absolute atomic E-state index is 11.9. The molecule has 0 saturated carbocycles. The number of carbonyl (C=O) groups is 1. The van der Waals surface area contributed by atoms with Crippen molar-refractivity contribution in [3.05, 3.63) is 0 Å². The average molecular weight is 228 g/mol. The summed E-state index contributed by atoms with van der Waals surface area (Å²) in [5.74, 6) is 0.183. The SMILES string of the molecule is CCCN(CCO)C(=O)CCN1CCCC1. The summed E-state index contributed by atoms with van der Waals surface area (Å²) < 4.78 is 0. The van der Waals surface area contributed by atoms with Gasteiger partial charge in [0.2, 0.25) is 5.91 Å². The summed E-state index contributed by atoms with van der Waals surface area (Å²) in [6.07, 6.45) is 4.09. The molecular weight excluding hydrogens is 204 g/mol. The molecule has 0 unspecified atom stereocenters. The largest absolute Gasteiger partial charge is 0.395 e. The van der Waals surface area contributed by atoms with Crippen molar-refractivity contribution in [3.8, 4) is 0 Å². The van der Waals surface area contributed by atoms with Crippen LogP contribution in [-0.4, -0.2) is 60.1 Å². The normalized spacial score (nSPS) is 16.6. The molecule has 0 aliphatic carbocycles. The first-order valence-corrected chi connectivity index (χ1v) is 6.39. The third-order valence-electron chi connectivity index (χ3n) is 3.06. The molecule has 0 aromatic heterocycles. The molecule has 4 nitrogen and oxygen atoms in total. The minimum absolute atomic E-state index is 0.0649. The molecule has 0 aromatic rings. The topological polar surface area (TPSA) is 43.8 Å². The molecule has 0 aromatic carbocycles. The number of rotatable bonds is 7. The Hall–Kier alpha value is -0.610. The summed E-state index contributed by atoms with van der Waals surface area (Å²) in [5, 5.41) is 8.89. The molecule has 1 saturated heterocycles. The lowest BCUT2D eigenvalue weighted by atomic mass is 10.3. The Kier molecular flexibility index (Phi) is 6.42. The second-order valence-electron chi connectivity index (χ2n) is 4.40. The number of likely N-dealkylation sites (tertiary alicyclic amines) is 1. The summed E-state index contributed by atoms with van der Waals surface area (Å²) in [4.78, 5) is 16.0. The molecule has 1 rings (SSSR count). The van der Waals surface area contributed by atoms with Gasteiger partial charge in [-0.05, 0) is 32.4 Å². The van der Waals surface area contributed by atoms with Crippen molar-refractivity contribution in [1.29, 1.82) is 0 Å². The molecule has 94 valence electrons. The van der Waals surface area contributed by atoms with Crippen LogP contribution >= 0.6 is 0 Å². The fourth-order valence-electron chi connectivity index (χ4n) is 2.17. The third kappa shape index (κ3) is 4.49. The number of aliphatic hydroxyl groups excluding tert-OH is 1. The lowest BCUT2D eigenvalue weighted by molar-refractivity contribution is -0.132. The summed E-state index contributed by atoms with van der Waals surface area (Å²) in [5.41, 5.74) is 0. The Morgan fingerprint density at radius 2 is 2.00 bits per heavy atom. The van der Waals surface area contributed by atoms with E-state index < -0.39 is 0 Å². The van der Waals surface area contributed by atoms with Gasteiger partial charge in [-0.3, -0.25) is 4.79 Å². The lowest BCUT2D eigenvalue weighted by Crippen LogP contribution is -2.36. The molecule has 4 heteroatoms. The van der Waals surface area contributed by atoms with E-state index in [1.165, 1.54) is 12.8 Å². The zero-order valence-corrected chi connectivity index (χ0v) is 10.3. The molecule has 0 atom stereocenters. The predicted molar refractivity (Wildman–Crippen MR) is 64.2 cm³/mol. The highest BCUT2D eigenvalue weighted by atomic mass is 16.3. The minimum Gasteiger partial charge on any atom is -0.395 e. The van der Waals surface area contributed by atoms with Crippen LogP contribution in [0.3, 0.4) is 0 Å². The standard InChI is InChI=1S/C12H24N2O2/c1-2-6-14(10-11-15)12(16)5-9-13-7-3-4-8-13/h15H,2-11H2,1H3. The minimum atomic E-state index is 0.0649. The highest BCUT2D eigenvalue weighted by Crippen LogP contribution is 2.08. The van der Waals surface area contributed by atoms with E-state index in [2.05, 4.69) is 11.8 Å². The molecule has 0 bridgehead atoms. The number of aliphatic hydroxyl groups is 1. The number of nitrogens with zero attached hydrogens (tertiary/aromatic N) is 2. The van der Waals surface area contributed by atoms with Gasteiger partial charge < -0.3 is 14.9 Å². The van der Waals surface area contributed by atoms with E-state index in [1.54, 1.807) is 4.90 Å². The van der Waals surface area contributed by atoms with Crippen LogP contribution in [0.1, 0.15) is 32.6 Å². The first-order valence-electron chi connectivity index (χ1n) is 6.39. The Balaban J connectivity index is 2.24. The van der Waals surface area contributed by atoms with Crippen LogP contribution in [0.15, 0.2) is 0 Å². The number of carbonyl (C=O) groups excluding carboxylic acids is 1. The van der Waals surface area contributed by atoms with Crippen LogP contribution in [0.2, 0.25) is 0 Å². The smallest absolute Gasteiger partial charge is 0.223 e. The van der Waals surface area contributed by atoms with Gasteiger partial charge in [0.15, 0.2) is 0 Å². The first kappa shape index (κ1) is 13.5. The molecule has 0 radical (unpaired) electrons. The summed E-state index contributed by atoms with van der Waals surface area (Å²) in [6, 6.07) is 0. The van der Waals surface area contributed by atoms with Crippen LogP contribution in [0.5, 0.6) is 0 Å². The molecule has 16 heavy (non-hydrogen) atoms. The van der Waals surface area contributed by atoms with Crippen LogP contribution in [0, 0.1) is 0 Å². The molecular formula is C12H24N2O2. The monoisotopic (exact) mass is 228 g/mol. The van der Waals surface area contributed by atoms with Gasteiger partial charge in [-0.2, -0.15) is 0 Å². The average Bonchev–Trinajstić information content (AvgIpc) is 2.78. The Bertz CT molecular complexity index is 197. The van der Waals surface area contributed by atoms with Crippen molar-refractivity contribution < 1.29 is 9.90 Å². The molecule has 1 N–H and O–H groups in total. The highest BCUT2D eigenvalue weighted by molar-refractivity contribution is 5.76. The molecule has 1 fully saturated rings. The van der Waals surface area contributed by atoms with Gasteiger partial charge in [0.05, 0.1) is 6.61 Å². The van der Waals surface area contributed by atoms with Crippen LogP contribution in [0.25, 0.3) is 0 Å². The summed E-state index contributed by atoms with van der Waals surface area (Å²) in [7, 11) is 0. The van der Waals surface area contributed by atoms with Gasteiger partial charge >= 0.3 is 0 Å². The van der Waals surface area contributed by atoms with Crippen molar-refractivity contribution in [2.75, 3.05) is 39.3 Å². The third-order valence-corrected chi connectivity index (χ3v) is 3.06. The lowest BCUT2D eigenvalue weighted by Gasteiger charge is -2.22. The summed E-state index contributed by atoms with van der Waals surface area (Å²) in [6.45, 7) is 6.52. The van der Waals surface area contributed by atoms with Crippen LogP contribution in [0.4, 0.5) is 0 Å². The number of hydrogen-bond donors (Lipinski definition) is 1. The van der Waals surface area contributed by atoms with Crippen molar-refractivity contribution in [3.63, 3.8) is 0 Å². The number of hydrogen-bond acceptors (Lipinski definition) is 3. The zero-order valence-electron chi connectivity index (χ0n) is 10.3. The fourth-order valence-corrected chi connectivity index (χ4v) is 2.17. The van der Waals surface area contributed by atoms with E-state index in [9.17, 15) is 4.79 Å². The van der Waals surface area contributed by atoms with Crippen molar-refractivity contribution in [1.82, 2.24) is 9.80 Å². The molecule has 1 amide bonds. The van der Waals surface area contributed by atoms with E-state index in [1.807, 2.05) is 0 Å². The zero-order chi connectivity index (χ0) is 11.8. The van der Waals surface area contributed by atoms with E-state index in [4.69, 9.17) is 5.11 Å². The van der Waals surface area contributed by atoms with Crippen molar-refractivity contribution >= 4 is 5.91 Å². The van der Waals surface area contributed by atoms with Gasteiger partial charge in [-0.25, -0.2) is 0 Å². The van der Waals surface area contributed by atoms with Crippen molar-refractivity contribution in [2.24, 2.45) is 0 Å². The van der Waals surface area contributed by atoms with E-state index in [0.717, 1.165) is 32.6 Å². The van der Waals surface area contributed by atoms with Gasteiger partial charge in [0.1, 0.15) is 0 Å². The van der Waals surface area contributed by atoms with Gasteiger partial charge in [0.25, 0.3) is 0 Å². The maximum atomic E-state index is 11.9. The molecule has 1 aliphatic heterocycles. The first-order chi connectivity index (χ1) is 7.77. The number of amides is 1. The van der Waals surface area contributed by atoms with Crippen LogP contribution < -0.4 is 0 Å². The Labute approximate surface area is 98.2 Å². The Morgan fingerprint density at radius 3 is 2.56 bits per heavy atom. The maximum Gasteiger partial charge on any atom is 0.223 e. The molecule has 1 heterocycles. The van der Waals surface area contributed by atoms with Crippen LogP contribution in [-0.2, 0) is 4.79 Å². The Morgan fingerprint density at radius 1 is 1.31 bits per heavy atom. The second kappa shape index (κ2) is 7.63. The molecule has 1 aliphatic rings. The van der Waals surface area contributed by atoms with E-state index >= 15 is 0 Å². The summed E-state index contributed by atoms with van der Waals surface area (Å²) >= 11 is 0.